The van der Waals surface area contributed by atoms with Crippen LogP contribution in [0.3, 0.4) is 0 Å². The minimum Gasteiger partial charge on any atom is -0.465 e. The quantitative estimate of drug-likeness (QED) is 0.0428. The van der Waals surface area contributed by atoms with Crippen LogP contribution in [0.15, 0.2) is 54.6 Å². The Hall–Kier alpha value is -3.80. The van der Waals surface area contributed by atoms with E-state index in [9.17, 15) is 19.2 Å². The molecule has 0 saturated carbocycles. The van der Waals surface area contributed by atoms with E-state index < -0.39 is 17.9 Å². The van der Waals surface area contributed by atoms with Crippen molar-refractivity contribution in [1.82, 2.24) is 0 Å². The van der Waals surface area contributed by atoms with E-state index in [1.165, 1.54) is 58.8 Å². The minimum absolute atomic E-state index is 0.0740. The second-order valence-corrected chi connectivity index (χ2v) is 12.6. The van der Waals surface area contributed by atoms with Gasteiger partial charge in [0.05, 0.1) is 31.1 Å². The van der Waals surface area contributed by atoms with Crippen molar-refractivity contribution in [2.75, 3.05) is 13.2 Å². The van der Waals surface area contributed by atoms with Crippen molar-refractivity contribution >= 4 is 55.8 Å². The third-order valence-corrected chi connectivity index (χ3v) is 9.00. The molecule has 0 amide bonds. The van der Waals surface area contributed by atoms with Crippen molar-refractivity contribution in [2.24, 2.45) is 11.8 Å². The molecule has 0 radical (unpaired) electrons. The summed E-state index contributed by atoms with van der Waals surface area (Å²) in [5, 5.41) is 6.39. The molecule has 240 valence electrons. The van der Waals surface area contributed by atoms with Crippen molar-refractivity contribution in [3.05, 3.63) is 60.2 Å². The van der Waals surface area contributed by atoms with Gasteiger partial charge in [0.2, 0.25) is 0 Å². The molecule has 0 spiro atoms. The van der Waals surface area contributed by atoms with E-state index in [-0.39, 0.29) is 37.1 Å². The van der Waals surface area contributed by atoms with Crippen LogP contribution in [0.5, 0.6) is 0 Å². The first-order valence-electron chi connectivity index (χ1n) is 16.8. The second-order valence-electron chi connectivity index (χ2n) is 12.6. The number of hydrogen-bond acceptors (Lipinski definition) is 6. The number of hydrogen-bond donors (Lipinski definition) is 0. The van der Waals surface area contributed by atoms with E-state index in [1.54, 1.807) is 0 Å². The van der Waals surface area contributed by atoms with E-state index >= 15 is 0 Å². The molecule has 6 heteroatoms. The monoisotopic (exact) mass is 612 g/mol. The third-order valence-electron chi connectivity index (χ3n) is 9.00. The van der Waals surface area contributed by atoms with Crippen LogP contribution in [0, 0.1) is 11.8 Å². The van der Waals surface area contributed by atoms with E-state index in [1.807, 2.05) is 30.3 Å². The number of ketones is 2. The van der Waals surface area contributed by atoms with Gasteiger partial charge in [-0.15, -0.1) is 0 Å². The Morgan fingerprint density at radius 1 is 0.622 bits per heavy atom. The SMILES string of the molecule is CCCCCCCCCCCCC(COC(=O)CC(C(C)=O)C(C)=O)COC(=O)c1ccc2ccc3cccc4ccc1c2c34. The Morgan fingerprint density at radius 2 is 1.16 bits per heavy atom. The average molecular weight is 613 g/mol. The Morgan fingerprint density at radius 3 is 1.78 bits per heavy atom. The zero-order chi connectivity index (χ0) is 32.2. The third kappa shape index (κ3) is 9.35. The molecule has 0 bridgehead atoms. The largest absolute Gasteiger partial charge is 0.465 e. The highest BCUT2D eigenvalue weighted by Gasteiger charge is 2.25. The normalized spacial score (nSPS) is 12.3. The van der Waals surface area contributed by atoms with Crippen LogP contribution < -0.4 is 0 Å². The molecule has 0 aliphatic rings. The summed E-state index contributed by atoms with van der Waals surface area (Å²) in [5.74, 6) is -2.84. The van der Waals surface area contributed by atoms with E-state index in [0.717, 1.165) is 58.0 Å². The van der Waals surface area contributed by atoms with Gasteiger partial charge in [0.15, 0.2) is 0 Å². The lowest BCUT2D eigenvalue weighted by atomic mass is 9.92. The summed E-state index contributed by atoms with van der Waals surface area (Å²) in [6, 6.07) is 18.2. The van der Waals surface area contributed by atoms with Crippen molar-refractivity contribution in [3.8, 4) is 0 Å². The molecule has 45 heavy (non-hydrogen) atoms. The van der Waals surface area contributed by atoms with Gasteiger partial charge >= 0.3 is 11.9 Å². The summed E-state index contributed by atoms with van der Waals surface area (Å²) >= 11 is 0. The maximum Gasteiger partial charge on any atom is 0.338 e. The molecule has 1 atom stereocenters. The number of esters is 2. The predicted molar refractivity (Wildman–Crippen MR) is 181 cm³/mol. The summed E-state index contributed by atoms with van der Waals surface area (Å²) in [7, 11) is 0. The highest BCUT2D eigenvalue weighted by molar-refractivity contribution is 6.26. The number of ether oxygens (including phenoxy) is 2. The van der Waals surface area contributed by atoms with E-state index in [0.29, 0.717) is 5.56 Å². The molecule has 0 aromatic heterocycles. The fraction of sp³-hybridized carbons (Fsp3) is 0.487. The van der Waals surface area contributed by atoms with Crippen LogP contribution in [0.4, 0.5) is 0 Å². The van der Waals surface area contributed by atoms with Crippen LogP contribution in [0.25, 0.3) is 32.3 Å². The van der Waals surface area contributed by atoms with Gasteiger partial charge in [0, 0.05) is 5.92 Å². The number of benzene rings is 4. The van der Waals surface area contributed by atoms with Crippen molar-refractivity contribution in [2.45, 2.75) is 97.8 Å². The smallest absolute Gasteiger partial charge is 0.338 e. The van der Waals surface area contributed by atoms with Crippen LogP contribution >= 0.6 is 0 Å². The molecule has 0 heterocycles. The van der Waals surface area contributed by atoms with Crippen LogP contribution in [0.2, 0.25) is 0 Å². The lowest BCUT2D eigenvalue weighted by Gasteiger charge is -2.19. The average Bonchev–Trinajstić information content (AvgIpc) is 3.03. The first kappa shape index (κ1) is 34.1. The lowest BCUT2D eigenvalue weighted by Crippen LogP contribution is -2.26. The Kier molecular flexibility index (Phi) is 12.9. The molecular weight excluding hydrogens is 564 g/mol. The molecule has 0 fully saturated rings. The first-order chi connectivity index (χ1) is 21.8. The van der Waals surface area contributed by atoms with Crippen molar-refractivity contribution < 1.29 is 28.7 Å². The minimum atomic E-state index is -0.981. The van der Waals surface area contributed by atoms with Gasteiger partial charge in [-0.1, -0.05) is 120 Å². The summed E-state index contributed by atoms with van der Waals surface area (Å²) < 4.78 is 11.4. The Bertz CT molecular complexity index is 1560. The topological polar surface area (TPSA) is 86.7 Å². The summed E-state index contributed by atoms with van der Waals surface area (Å²) in [4.78, 5) is 49.6. The van der Waals surface area contributed by atoms with Crippen molar-refractivity contribution in [1.29, 1.82) is 0 Å². The Balaban J connectivity index is 1.37. The highest BCUT2D eigenvalue weighted by Crippen LogP contribution is 2.36. The number of unbranched alkanes of at least 4 members (excludes halogenated alkanes) is 9. The molecule has 4 aromatic rings. The highest BCUT2D eigenvalue weighted by atomic mass is 16.5. The van der Waals surface area contributed by atoms with Gasteiger partial charge in [-0.3, -0.25) is 14.4 Å². The zero-order valence-electron chi connectivity index (χ0n) is 27.2. The molecule has 4 aromatic carbocycles. The molecule has 1 unspecified atom stereocenters. The molecule has 6 nitrogen and oxygen atoms in total. The van der Waals surface area contributed by atoms with Crippen LogP contribution in [-0.2, 0) is 23.9 Å². The van der Waals surface area contributed by atoms with Gasteiger partial charge in [-0.05, 0) is 58.7 Å². The number of Topliss-reactive ketones (excluding diaryl/α,β-unsaturated/α-hetero) is 2. The zero-order valence-corrected chi connectivity index (χ0v) is 27.2. The van der Waals surface area contributed by atoms with Gasteiger partial charge in [0.25, 0.3) is 0 Å². The van der Waals surface area contributed by atoms with Gasteiger partial charge in [0.1, 0.15) is 11.6 Å². The second kappa shape index (κ2) is 17.0. The van der Waals surface area contributed by atoms with Gasteiger partial charge in [-0.25, -0.2) is 4.79 Å². The summed E-state index contributed by atoms with van der Waals surface area (Å²) in [6.45, 7) is 5.05. The van der Waals surface area contributed by atoms with E-state index in [2.05, 4.69) is 31.2 Å². The first-order valence-corrected chi connectivity index (χ1v) is 16.8. The molecule has 0 saturated heterocycles. The number of carbonyl (C=O) groups is 4. The molecule has 4 rings (SSSR count). The molecule has 0 aliphatic carbocycles. The standard InChI is InChI=1S/C39H48O6/c1-4-5-6-7-8-9-10-11-12-13-15-29(25-44-36(42)24-35(27(2)40)28(3)41)26-45-39(43)34-23-21-32-19-18-30-16-14-17-31-20-22-33(34)38(32)37(30)31/h14,16-23,29,35H,4-13,15,24-26H2,1-3H3. The number of carbonyl (C=O) groups excluding carboxylic acids is 4. The summed E-state index contributed by atoms with van der Waals surface area (Å²) in [5.41, 5.74) is 0.515. The van der Waals surface area contributed by atoms with E-state index in [4.69, 9.17) is 9.47 Å². The van der Waals surface area contributed by atoms with Crippen molar-refractivity contribution in [3.63, 3.8) is 0 Å². The maximum atomic E-state index is 13.5. The van der Waals surface area contributed by atoms with Gasteiger partial charge in [-0.2, -0.15) is 0 Å². The predicted octanol–water partition coefficient (Wildman–Crippen LogP) is 9.40. The molecular formula is C39H48O6. The van der Waals surface area contributed by atoms with Crippen LogP contribution in [0.1, 0.15) is 108 Å². The van der Waals surface area contributed by atoms with Gasteiger partial charge < -0.3 is 9.47 Å². The number of rotatable bonds is 20. The fourth-order valence-electron chi connectivity index (χ4n) is 6.33. The lowest BCUT2D eigenvalue weighted by molar-refractivity contribution is -0.150. The summed E-state index contributed by atoms with van der Waals surface area (Å²) in [6.07, 6.45) is 12.6. The fourth-order valence-corrected chi connectivity index (χ4v) is 6.33. The maximum absolute atomic E-state index is 13.5. The molecule has 0 aliphatic heterocycles. The molecule has 0 N–H and O–H groups in total. The Labute approximate surface area is 267 Å². The van der Waals surface area contributed by atoms with Crippen LogP contribution in [-0.4, -0.2) is 36.7 Å².